The Balaban J connectivity index is 1.67. The van der Waals surface area contributed by atoms with Crippen LogP contribution in [0.15, 0.2) is 4.79 Å². The van der Waals surface area contributed by atoms with E-state index in [1.807, 2.05) is 0 Å². The summed E-state index contributed by atoms with van der Waals surface area (Å²) in [5.74, 6) is -0.0705. The Morgan fingerprint density at radius 3 is 2.68 bits per heavy atom. The topological polar surface area (TPSA) is 247 Å². The fourth-order valence-corrected chi connectivity index (χ4v) is 5.28. The summed E-state index contributed by atoms with van der Waals surface area (Å²) >= 11 is 0. The van der Waals surface area contributed by atoms with Crippen LogP contribution in [0, 0.1) is 0 Å². The van der Waals surface area contributed by atoms with Crippen molar-refractivity contribution >= 4 is 41.8 Å². The van der Waals surface area contributed by atoms with E-state index in [-0.39, 0.29) is 24.1 Å². The first kappa shape index (κ1) is 24.0. The van der Waals surface area contributed by atoms with Crippen LogP contribution < -0.4 is 21.1 Å². The van der Waals surface area contributed by atoms with Crippen LogP contribution in [-0.4, -0.2) is 74.8 Å². The molecule has 0 saturated carbocycles. The molecule has 0 aromatic carbocycles. The summed E-state index contributed by atoms with van der Waals surface area (Å²) in [5, 5.41) is 20.6. The third kappa shape index (κ3) is 5.25. The number of rotatable bonds is 8. The van der Waals surface area contributed by atoms with E-state index in [4.69, 9.17) is 20.3 Å². The van der Waals surface area contributed by atoms with E-state index in [2.05, 4.69) is 23.1 Å². The highest BCUT2D eigenvalue weighted by Crippen LogP contribution is 2.57. The molecule has 0 aliphatic carbocycles. The minimum atomic E-state index is -5.14. The van der Waals surface area contributed by atoms with Crippen molar-refractivity contribution < 1.29 is 51.6 Å². The summed E-state index contributed by atoms with van der Waals surface area (Å²) in [4.78, 5) is 38.9. The summed E-state index contributed by atoms with van der Waals surface area (Å²) in [6.45, 7) is -0.616. The van der Waals surface area contributed by atoms with Crippen molar-refractivity contribution in [3.05, 3.63) is 10.4 Å². The van der Waals surface area contributed by atoms with Gasteiger partial charge in [0.1, 0.15) is 30.6 Å². The Labute approximate surface area is 174 Å². The maximum atomic E-state index is 12.1. The van der Waals surface area contributed by atoms with Gasteiger partial charge in [-0.05, 0) is 0 Å². The first-order valence-corrected chi connectivity index (χ1v) is 12.0. The van der Waals surface area contributed by atoms with E-state index >= 15 is 0 Å². The van der Waals surface area contributed by atoms with Gasteiger partial charge in [-0.2, -0.15) is 4.98 Å². The molecule has 7 N–H and O–H groups in total. The Morgan fingerprint density at radius 1 is 1.35 bits per heavy atom. The number of ether oxygens (including phenoxy) is 1. The molecule has 172 valence electrons. The molecule has 31 heavy (non-hydrogen) atoms. The number of anilines is 3. The SMILES string of the molecule is CN1CN([C@@H]2O[C@H](CO[P+](=O)OP(=O)(O)O[P+](=O)O)[C@@H](O)[C@H]2O)c2nc(N)[nH]c(=O)c21. The number of H-pyrrole nitrogens is 1. The number of aromatic amines is 1. The van der Waals surface area contributed by atoms with Crippen LogP contribution in [0.1, 0.15) is 0 Å². The molecule has 1 aromatic rings. The number of aromatic nitrogens is 2. The summed E-state index contributed by atoms with van der Waals surface area (Å²) in [5.41, 5.74) is 5.21. The van der Waals surface area contributed by atoms with Gasteiger partial charge >= 0.3 is 24.3 Å². The molecule has 3 heterocycles. The molecular formula is C11H18N5O12P3+2. The molecule has 0 bridgehead atoms. The molecule has 0 amide bonds. The van der Waals surface area contributed by atoms with E-state index in [1.54, 1.807) is 7.05 Å². The Hall–Kier alpha value is -1.61. The fraction of sp³-hybridized carbons (Fsp3) is 0.636. The zero-order valence-electron chi connectivity index (χ0n) is 15.5. The van der Waals surface area contributed by atoms with Gasteiger partial charge in [-0.15, -0.1) is 9.42 Å². The standard InChI is InChI=1S/C11H16N5O12P3/c1-15-3-16(8-5(15)9(19)14-11(12)13-8)10-7(18)6(17)4(26-10)2-25-30(22)28-31(23,24)27-29(20)21/h4,6-7,10,17-18H,2-3H2,1H3,(H3-2,12,13,14,19,20,21,23,24)/p+2/t4-,6-,7-,10-/m1/s1. The lowest BCUT2D eigenvalue weighted by molar-refractivity contribution is -0.0167. The number of nitrogens with zero attached hydrogens (tertiary/aromatic N) is 3. The third-order valence-corrected chi connectivity index (χ3v) is 7.35. The van der Waals surface area contributed by atoms with Gasteiger partial charge < -0.3 is 30.5 Å². The lowest BCUT2D eigenvalue weighted by atomic mass is 10.1. The van der Waals surface area contributed by atoms with Gasteiger partial charge in [0.25, 0.3) is 5.56 Å². The molecule has 1 aromatic heterocycles. The molecule has 3 unspecified atom stereocenters. The molecule has 17 nitrogen and oxygen atoms in total. The molecular weight excluding hydrogens is 487 g/mol. The molecule has 3 rings (SSSR count). The second-order valence-corrected chi connectivity index (χ2v) is 9.79. The van der Waals surface area contributed by atoms with Gasteiger partial charge in [0, 0.05) is 24.8 Å². The number of hydrogen-bond donors (Lipinski definition) is 6. The summed E-state index contributed by atoms with van der Waals surface area (Å²) in [6, 6.07) is 0. The van der Waals surface area contributed by atoms with Crippen LogP contribution in [0.2, 0.25) is 0 Å². The highest BCUT2D eigenvalue weighted by molar-refractivity contribution is 7.61. The number of nitrogens with two attached hydrogens (primary N) is 1. The van der Waals surface area contributed by atoms with Gasteiger partial charge in [-0.25, -0.2) is 4.57 Å². The predicted molar refractivity (Wildman–Crippen MR) is 101 cm³/mol. The zero-order valence-corrected chi connectivity index (χ0v) is 18.2. The Morgan fingerprint density at radius 2 is 2.03 bits per heavy atom. The van der Waals surface area contributed by atoms with Gasteiger partial charge in [0.05, 0.1) is 6.67 Å². The van der Waals surface area contributed by atoms with Crippen LogP contribution in [0.3, 0.4) is 0 Å². The van der Waals surface area contributed by atoms with Crippen LogP contribution >= 0.6 is 24.3 Å². The van der Waals surface area contributed by atoms with Crippen molar-refractivity contribution in [2.24, 2.45) is 0 Å². The predicted octanol–water partition coefficient (Wildman–Crippen LogP) is -1.53. The average Bonchev–Trinajstić information content (AvgIpc) is 3.09. The van der Waals surface area contributed by atoms with Gasteiger partial charge in [-0.1, -0.05) is 0 Å². The molecule has 7 atom stereocenters. The minimum Gasteiger partial charge on any atom is -0.387 e. The maximum absolute atomic E-state index is 12.1. The lowest BCUT2D eigenvalue weighted by Crippen LogP contribution is -2.45. The smallest absolute Gasteiger partial charge is 0.387 e. The van der Waals surface area contributed by atoms with Gasteiger partial charge in [0.2, 0.25) is 5.95 Å². The second kappa shape index (κ2) is 9.10. The number of phosphoric acid groups is 1. The van der Waals surface area contributed by atoms with Crippen molar-refractivity contribution in [1.82, 2.24) is 9.97 Å². The molecule has 20 heteroatoms. The quantitative estimate of drug-likeness (QED) is 0.219. The number of nitrogens with one attached hydrogen (secondary N) is 1. The lowest BCUT2D eigenvalue weighted by Gasteiger charge is -2.27. The first-order valence-electron chi connectivity index (χ1n) is 8.27. The maximum Gasteiger partial charge on any atom is 0.708 e. The average molecular weight is 505 g/mol. The summed E-state index contributed by atoms with van der Waals surface area (Å²) in [6.07, 6.45) is -5.54. The molecule has 0 spiro atoms. The molecule has 2 aliphatic rings. The van der Waals surface area contributed by atoms with E-state index in [9.17, 15) is 28.7 Å². The monoisotopic (exact) mass is 505 g/mol. The van der Waals surface area contributed by atoms with Crippen LogP contribution in [0.4, 0.5) is 17.5 Å². The molecule has 1 saturated heterocycles. The van der Waals surface area contributed by atoms with Crippen molar-refractivity contribution in [2.75, 3.05) is 35.9 Å². The van der Waals surface area contributed by atoms with E-state index in [0.29, 0.717) is 0 Å². The van der Waals surface area contributed by atoms with Crippen molar-refractivity contribution in [2.45, 2.75) is 24.5 Å². The van der Waals surface area contributed by atoms with Crippen molar-refractivity contribution in [1.29, 1.82) is 0 Å². The number of aliphatic hydroxyl groups excluding tert-OH is 2. The summed E-state index contributed by atoms with van der Waals surface area (Å²) in [7, 11) is -10.4. The van der Waals surface area contributed by atoms with Crippen molar-refractivity contribution in [3.63, 3.8) is 0 Å². The first-order chi connectivity index (χ1) is 14.4. The summed E-state index contributed by atoms with van der Waals surface area (Å²) < 4.78 is 51.3. The molecule has 1 fully saturated rings. The molecule has 2 aliphatic heterocycles. The number of nitrogen functional groups attached to an aromatic ring is 1. The third-order valence-electron chi connectivity index (χ3n) is 4.24. The number of hydrogen-bond acceptors (Lipinski definition) is 14. The second-order valence-electron chi connectivity index (χ2n) is 6.37. The Kier molecular flexibility index (Phi) is 7.05. The largest absolute Gasteiger partial charge is 0.708 e. The van der Waals surface area contributed by atoms with E-state index < -0.39 is 61.0 Å². The van der Waals surface area contributed by atoms with Crippen LogP contribution in [-0.2, 0) is 31.6 Å². The van der Waals surface area contributed by atoms with Crippen molar-refractivity contribution in [3.8, 4) is 0 Å². The van der Waals surface area contributed by atoms with Gasteiger partial charge in [-0.3, -0.25) is 14.7 Å². The van der Waals surface area contributed by atoms with E-state index in [0.717, 1.165) is 0 Å². The van der Waals surface area contributed by atoms with Crippen LogP contribution in [0.5, 0.6) is 0 Å². The van der Waals surface area contributed by atoms with Crippen LogP contribution in [0.25, 0.3) is 0 Å². The fourth-order valence-electron chi connectivity index (χ4n) is 3.05. The highest BCUT2D eigenvalue weighted by Gasteiger charge is 2.51. The number of aliphatic hydroxyl groups is 2. The normalized spacial score (nSPS) is 28.4. The number of fused-ring (bicyclic) bond motifs is 1. The highest BCUT2D eigenvalue weighted by atomic mass is 31.3. The zero-order chi connectivity index (χ0) is 23.1. The van der Waals surface area contributed by atoms with Gasteiger partial charge in [0.15, 0.2) is 12.0 Å². The molecule has 0 radical (unpaired) electrons. The Bertz CT molecular complexity index is 991. The minimum absolute atomic E-state index is 0.0542. The van der Waals surface area contributed by atoms with E-state index in [1.165, 1.54) is 9.80 Å².